The summed E-state index contributed by atoms with van der Waals surface area (Å²) in [4.78, 5) is 13.6. The monoisotopic (exact) mass is 211 g/mol. The van der Waals surface area contributed by atoms with Crippen LogP contribution in [0.3, 0.4) is 0 Å². The van der Waals surface area contributed by atoms with Crippen molar-refractivity contribution >= 4 is 5.91 Å². The summed E-state index contributed by atoms with van der Waals surface area (Å²) in [5, 5.41) is 6.12. The predicted octanol–water partition coefficient (Wildman–Crippen LogP) is -0.194. The molecule has 0 radical (unpaired) electrons. The van der Waals surface area contributed by atoms with E-state index in [0.29, 0.717) is 12.6 Å². The van der Waals surface area contributed by atoms with Crippen LogP contribution in [0.1, 0.15) is 19.3 Å². The smallest absolute Gasteiger partial charge is 0.234 e. The zero-order valence-electron chi connectivity index (χ0n) is 9.46. The van der Waals surface area contributed by atoms with Crippen LogP contribution in [-0.4, -0.2) is 50.1 Å². The van der Waals surface area contributed by atoms with Gasteiger partial charge in [-0.25, -0.2) is 0 Å². The van der Waals surface area contributed by atoms with Crippen LogP contribution in [0, 0.1) is 5.92 Å². The summed E-state index contributed by atoms with van der Waals surface area (Å²) in [6.45, 7) is 3.59. The van der Waals surface area contributed by atoms with Gasteiger partial charge < -0.3 is 10.6 Å². The summed E-state index contributed by atoms with van der Waals surface area (Å²) in [7, 11) is 2.02. The Balaban J connectivity index is 1.81. The van der Waals surface area contributed by atoms with Crippen molar-refractivity contribution in [3.05, 3.63) is 0 Å². The summed E-state index contributed by atoms with van der Waals surface area (Å²) in [6, 6.07) is 0.648. The Hall–Kier alpha value is -0.610. The number of piperazine rings is 1. The molecular formula is C11H21N3O. The van der Waals surface area contributed by atoms with Crippen molar-refractivity contribution in [1.29, 1.82) is 0 Å². The quantitative estimate of drug-likeness (QED) is 0.680. The van der Waals surface area contributed by atoms with Crippen molar-refractivity contribution in [2.24, 2.45) is 5.92 Å². The average molecular weight is 211 g/mol. The second-order valence-corrected chi connectivity index (χ2v) is 4.71. The van der Waals surface area contributed by atoms with Crippen molar-refractivity contribution in [3.63, 3.8) is 0 Å². The number of rotatable bonds is 3. The van der Waals surface area contributed by atoms with E-state index in [1.165, 1.54) is 19.3 Å². The molecule has 1 saturated heterocycles. The highest BCUT2D eigenvalue weighted by Gasteiger charge is 2.30. The van der Waals surface area contributed by atoms with Crippen LogP contribution >= 0.6 is 0 Å². The third kappa shape index (κ3) is 2.69. The maximum absolute atomic E-state index is 11.3. The minimum absolute atomic E-state index is 0.193. The molecule has 2 aliphatic rings. The van der Waals surface area contributed by atoms with Gasteiger partial charge in [-0.2, -0.15) is 0 Å². The number of hydrogen-bond acceptors (Lipinski definition) is 3. The molecule has 1 aliphatic carbocycles. The first-order chi connectivity index (χ1) is 7.29. The number of carbonyl (C=O) groups is 1. The van der Waals surface area contributed by atoms with Crippen molar-refractivity contribution in [2.45, 2.75) is 25.3 Å². The lowest BCUT2D eigenvalue weighted by Crippen LogP contribution is -2.51. The third-order valence-corrected chi connectivity index (χ3v) is 3.59. The highest BCUT2D eigenvalue weighted by Crippen LogP contribution is 2.28. The van der Waals surface area contributed by atoms with Crippen molar-refractivity contribution in [2.75, 3.05) is 33.2 Å². The van der Waals surface area contributed by atoms with Gasteiger partial charge in [0, 0.05) is 19.1 Å². The highest BCUT2D eigenvalue weighted by molar-refractivity contribution is 5.78. The molecule has 0 bridgehead atoms. The molecule has 0 spiro atoms. The maximum Gasteiger partial charge on any atom is 0.234 e. The largest absolute Gasteiger partial charge is 0.354 e. The first-order valence-corrected chi connectivity index (χ1v) is 5.95. The standard InChI is InChI=1S/C11H21N3O/c1-12-7-9-2-3-10(6-9)14-5-4-13-11(15)8-14/h9-10,12H,2-8H2,1H3,(H,13,15). The number of hydrogen-bond donors (Lipinski definition) is 2. The molecular weight excluding hydrogens is 190 g/mol. The van der Waals surface area contributed by atoms with E-state index in [4.69, 9.17) is 0 Å². The van der Waals surface area contributed by atoms with Crippen molar-refractivity contribution in [3.8, 4) is 0 Å². The Kier molecular flexibility index (Phi) is 3.59. The van der Waals surface area contributed by atoms with E-state index in [1.54, 1.807) is 0 Å². The summed E-state index contributed by atoms with van der Waals surface area (Å²) in [6.07, 6.45) is 3.83. The highest BCUT2D eigenvalue weighted by atomic mass is 16.2. The van der Waals surface area contributed by atoms with Gasteiger partial charge in [0.1, 0.15) is 0 Å². The number of carbonyl (C=O) groups excluding carboxylic acids is 1. The van der Waals surface area contributed by atoms with Crippen LogP contribution in [0.2, 0.25) is 0 Å². The molecule has 86 valence electrons. The molecule has 2 rings (SSSR count). The molecule has 0 aromatic heterocycles. The van der Waals surface area contributed by atoms with Crippen LogP contribution < -0.4 is 10.6 Å². The van der Waals surface area contributed by atoms with Gasteiger partial charge in [0.2, 0.25) is 5.91 Å². The first-order valence-electron chi connectivity index (χ1n) is 5.95. The van der Waals surface area contributed by atoms with Gasteiger partial charge in [0.25, 0.3) is 0 Å². The molecule has 2 unspecified atom stereocenters. The van der Waals surface area contributed by atoms with Crippen LogP contribution in [0.5, 0.6) is 0 Å². The second-order valence-electron chi connectivity index (χ2n) is 4.71. The zero-order valence-corrected chi connectivity index (χ0v) is 9.46. The fourth-order valence-electron chi connectivity index (χ4n) is 2.82. The first kappa shape index (κ1) is 10.9. The van der Waals surface area contributed by atoms with E-state index in [9.17, 15) is 4.79 Å². The molecule has 1 aliphatic heterocycles. The van der Waals surface area contributed by atoms with Gasteiger partial charge in [-0.05, 0) is 38.8 Å². The van der Waals surface area contributed by atoms with E-state index in [-0.39, 0.29) is 5.91 Å². The summed E-state index contributed by atoms with van der Waals surface area (Å²) >= 11 is 0. The molecule has 0 aromatic carbocycles. The summed E-state index contributed by atoms with van der Waals surface area (Å²) in [5.41, 5.74) is 0. The minimum Gasteiger partial charge on any atom is -0.354 e. The molecule has 0 aromatic rings. The van der Waals surface area contributed by atoms with Crippen LogP contribution in [-0.2, 0) is 4.79 Å². The lowest BCUT2D eigenvalue weighted by atomic mass is 10.1. The Labute approximate surface area is 91.4 Å². The van der Waals surface area contributed by atoms with E-state index in [2.05, 4.69) is 15.5 Å². The van der Waals surface area contributed by atoms with Crippen molar-refractivity contribution in [1.82, 2.24) is 15.5 Å². The minimum atomic E-state index is 0.193. The van der Waals surface area contributed by atoms with E-state index >= 15 is 0 Å². The Morgan fingerprint density at radius 2 is 2.40 bits per heavy atom. The fraction of sp³-hybridized carbons (Fsp3) is 0.909. The van der Waals surface area contributed by atoms with Gasteiger partial charge in [0.05, 0.1) is 6.54 Å². The van der Waals surface area contributed by atoms with E-state index in [0.717, 1.165) is 25.6 Å². The molecule has 4 heteroatoms. The van der Waals surface area contributed by atoms with Crippen LogP contribution in [0.25, 0.3) is 0 Å². The van der Waals surface area contributed by atoms with Crippen LogP contribution in [0.15, 0.2) is 0 Å². The predicted molar refractivity (Wildman–Crippen MR) is 59.6 cm³/mol. The molecule has 2 atom stereocenters. The third-order valence-electron chi connectivity index (χ3n) is 3.59. The van der Waals surface area contributed by atoms with Gasteiger partial charge >= 0.3 is 0 Å². The Morgan fingerprint density at radius 1 is 1.53 bits per heavy atom. The van der Waals surface area contributed by atoms with Gasteiger partial charge in [-0.3, -0.25) is 9.69 Å². The average Bonchev–Trinajstić information content (AvgIpc) is 2.67. The molecule has 1 amide bonds. The normalized spacial score (nSPS) is 33.0. The van der Waals surface area contributed by atoms with E-state index < -0.39 is 0 Å². The lowest BCUT2D eigenvalue weighted by molar-refractivity contribution is -0.124. The lowest BCUT2D eigenvalue weighted by Gasteiger charge is -2.32. The molecule has 2 fully saturated rings. The van der Waals surface area contributed by atoms with Crippen LogP contribution in [0.4, 0.5) is 0 Å². The zero-order chi connectivity index (χ0) is 10.7. The SMILES string of the molecule is CNCC1CCC(N2CCNC(=O)C2)C1. The van der Waals surface area contributed by atoms with Crippen molar-refractivity contribution < 1.29 is 4.79 Å². The van der Waals surface area contributed by atoms with Gasteiger partial charge in [-0.15, -0.1) is 0 Å². The maximum atomic E-state index is 11.3. The Morgan fingerprint density at radius 3 is 3.13 bits per heavy atom. The molecule has 1 heterocycles. The molecule has 4 nitrogen and oxygen atoms in total. The fourth-order valence-corrected chi connectivity index (χ4v) is 2.82. The molecule has 15 heavy (non-hydrogen) atoms. The summed E-state index contributed by atoms with van der Waals surface area (Å²) < 4.78 is 0. The van der Waals surface area contributed by atoms with Gasteiger partial charge in [0.15, 0.2) is 0 Å². The Bertz CT molecular complexity index is 232. The molecule has 2 N–H and O–H groups in total. The molecule has 1 saturated carbocycles. The van der Waals surface area contributed by atoms with E-state index in [1.807, 2.05) is 7.05 Å². The topological polar surface area (TPSA) is 44.4 Å². The summed E-state index contributed by atoms with van der Waals surface area (Å²) in [5.74, 6) is 1.00. The number of amides is 1. The number of nitrogens with zero attached hydrogens (tertiary/aromatic N) is 1. The number of nitrogens with one attached hydrogen (secondary N) is 2. The second kappa shape index (κ2) is 4.94. The van der Waals surface area contributed by atoms with Gasteiger partial charge in [-0.1, -0.05) is 0 Å².